The maximum Gasteiger partial charge on any atom is 0.227 e. The van der Waals surface area contributed by atoms with Gasteiger partial charge in [-0.25, -0.2) is 13.1 Å². The first-order chi connectivity index (χ1) is 12.4. The molecule has 0 aliphatic heterocycles. The summed E-state index contributed by atoms with van der Waals surface area (Å²) in [6.45, 7) is 3.56. The zero-order chi connectivity index (χ0) is 18.9. The van der Waals surface area contributed by atoms with Gasteiger partial charge in [0.1, 0.15) is 11.5 Å². The minimum atomic E-state index is -3.76. The van der Waals surface area contributed by atoms with Gasteiger partial charge in [0.25, 0.3) is 0 Å². The first kappa shape index (κ1) is 17.9. The lowest BCUT2D eigenvalue weighted by atomic mass is 10.2. The number of aromatic nitrogens is 3. The third-order valence-electron chi connectivity index (χ3n) is 4.02. The number of sulfone groups is 1. The molecular weight excluding hydrogens is 354 g/mol. The first-order valence-electron chi connectivity index (χ1n) is 7.84. The highest BCUT2D eigenvalue weighted by molar-refractivity contribution is 7.91. The van der Waals surface area contributed by atoms with Crippen molar-refractivity contribution in [1.82, 2.24) is 15.0 Å². The molecule has 26 heavy (non-hydrogen) atoms. The van der Waals surface area contributed by atoms with Crippen molar-refractivity contribution >= 4 is 9.84 Å². The largest absolute Gasteiger partial charge is 0.497 e. The molecule has 2 aromatic carbocycles. The van der Waals surface area contributed by atoms with Crippen molar-refractivity contribution in [1.29, 1.82) is 0 Å². The van der Waals surface area contributed by atoms with E-state index in [1.54, 1.807) is 63.6 Å². The van der Waals surface area contributed by atoms with E-state index in [2.05, 4.69) is 10.3 Å². The molecule has 0 spiro atoms. The predicted molar refractivity (Wildman–Crippen MR) is 95.8 cm³/mol. The second kappa shape index (κ2) is 6.80. The number of methoxy groups -OCH3 is 2. The summed E-state index contributed by atoms with van der Waals surface area (Å²) in [6, 6.07) is 11.8. The fraction of sp³-hybridized carbons (Fsp3) is 0.222. The molecule has 8 heteroatoms. The number of ether oxygens (including phenoxy) is 2. The second-order valence-electron chi connectivity index (χ2n) is 5.78. The van der Waals surface area contributed by atoms with Crippen LogP contribution in [0.2, 0.25) is 0 Å². The molecule has 3 rings (SSSR count). The van der Waals surface area contributed by atoms with Crippen molar-refractivity contribution in [3.8, 4) is 17.2 Å². The zero-order valence-corrected chi connectivity index (χ0v) is 15.7. The highest BCUT2D eigenvalue weighted by Gasteiger charge is 2.26. The summed E-state index contributed by atoms with van der Waals surface area (Å²) < 4.78 is 37.7. The summed E-state index contributed by atoms with van der Waals surface area (Å²) in [6.07, 6.45) is 0. The van der Waals surface area contributed by atoms with E-state index in [0.717, 1.165) is 5.56 Å². The van der Waals surface area contributed by atoms with Crippen molar-refractivity contribution in [2.24, 2.45) is 0 Å². The Morgan fingerprint density at radius 1 is 0.923 bits per heavy atom. The molecule has 0 amide bonds. The smallest absolute Gasteiger partial charge is 0.227 e. The number of hydrogen-bond acceptors (Lipinski definition) is 6. The van der Waals surface area contributed by atoms with Crippen LogP contribution in [0.25, 0.3) is 5.69 Å². The Hall–Kier alpha value is -2.87. The third kappa shape index (κ3) is 3.15. The summed E-state index contributed by atoms with van der Waals surface area (Å²) in [4.78, 5) is 0.182. The molecule has 0 atom stereocenters. The highest BCUT2D eigenvalue weighted by atomic mass is 32.2. The summed E-state index contributed by atoms with van der Waals surface area (Å²) >= 11 is 0. The minimum Gasteiger partial charge on any atom is -0.497 e. The lowest BCUT2D eigenvalue weighted by molar-refractivity contribution is 0.393. The van der Waals surface area contributed by atoms with Gasteiger partial charge < -0.3 is 9.47 Å². The zero-order valence-electron chi connectivity index (χ0n) is 14.9. The number of rotatable bonds is 5. The molecule has 0 fully saturated rings. The monoisotopic (exact) mass is 373 g/mol. The third-order valence-corrected chi connectivity index (χ3v) is 5.80. The Morgan fingerprint density at radius 2 is 1.50 bits per heavy atom. The lowest BCUT2D eigenvalue weighted by Crippen LogP contribution is -2.06. The Bertz CT molecular complexity index is 1020. The van der Waals surface area contributed by atoms with Gasteiger partial charge >= 0.3 is 0 Å². The van der Waals surface area contributed by atoms with Gasteiger partial charge in [-0.05, 0) is 26.0 Å². The van der Waals surface area contributed by atoms with E-state index in [4.69, 9.17) is 9.47 Å². The summed E-state index contributed by atoms with van der Waals surface area (Å²) in [7, 11) is -0.679. The predicted octanol–water partition coefficient (Wildman–Crippen LogP) is 2.73. The van der Waals surface area contributed by atoms with E-state index in [1.807, 2.05) is 6.92 Å². The average molecular weight is 373 g/mol. The van der Waals surface area contributed by atoms with E-state index in [0.29, 0.717) is 22.9 Å². The summed E-state index contributed by atoms with van der Waals surface area (Å²) in [5.41, 5.74) is 1.98. The van der Waals surface area contributed by atoms with Crippen molar-refractivity contribution in [3.63, 3.8) is 0 Å². The van der Waals surface area contributed by atoms with Gasteiger partial charge in [0.15, 0.2) is 0 Å². The Morgan fingerprint density at radius 3 is 2.04 bits per heavy atom. The molecule has 136 valence electrons. The SMILES string of the molecule is COc1cc(OC)cc(-n2nnc(S(=O)(=O)c3ccc(C)cc3)c2C)c1. The van der Waals surface area contributed by atoms with Crippen LogP contribution in [0.4, 0.5) is 0 Å². The second-order valence-corrected chi connectivity index (χ2v) is 7.64. The van der Waals surface area contributed by atoms with Crippen LogP contribution in [0.1, 0.15) is 11.3 Å². The maximum atomic E-state index is 12.9. The molecule has 0 unspecified atom stereocenters. The molecule has 0 N–H and O–H groups in total. The van der Waals surface area contributed by atoms with Crippen LogP contribution in [0.15, 0.2) is 52.4 Å². The van der Waals surface area contributed by atoms with E-state index in [9.17, 15) is 8.42 Å². The first-order valence-corrected chi connectivity index (χ1v) is 9.32. The molecule has 3 aromatic rings. The standard InChI is InChI=1S/C18H19N3O4S/c1-12-5-7-17(8-6-12)26(22,23)18-13(2)21(20-19-18)14-9-15(24-3)11-16(10-14)25-4/h5-11H,1-4H3. The molecule has 1 aromatic heterocycles. The maximum absolute atomic E-state index is 12.9. The molecule has 0 saturated heterocycles. The van der Waals surface area contributed by atoms with Crippen molar-refractivity contribution in [2.75, 3.05) is 14.2 Å². The Kier molecular flexibility index (Phi) is 4.69. The van der Waals surface area contributed by atoms with E-state index < -0.39 is 9.84 Å². The molecule has 1 heterocycles. The molecule has 0 saturated carbocycles. The van der Waals surface area contributed by atoms with Gasteiger partial charge in [0.05, 0.1) is 30.5 Å². The molecule has 0 aliphatic rings. The van der Waals surface area contributed by atoms with Gasteiger partial charge in [0, 0.05) is 18.2 Å². The van der Waals surface area contributed by atoms with Crippen LogP contribution >= 0.6 is 0 Å². The molecular formula is C18H19N3O4S. The van der Waals surface area contributed by atoms with Gasteiger partial charge in [0.2, 0.25) is 14.9 Å². The molecule has 7 nitrogen and oxygen atoms in total. The number of benzene rings is 2. The fourth-order valence-corrected chi connectivity index (χ4v) is 3.89. The summed E-state index contributed by atoms with van der Waals surface area (Å²) in [5.74, 6) is 1.13. The Balaban J connectivity index is 2.10. The van der Waals surface area contributed by atoms with Crippen molar-refractivity contribution < 1.29 is 17.9 Å². The van der Waals surface area contributed by atoms with Crippen LogP contribution < -0.4 is 9.47 Å². The topological polar surface area (TPSA) is 83.3 Å². The van der Waals surface area contributed by atoms with Crippen LogP contribution in [-0.4, -0.2) is 37.6 Å². The van der Waals surface area contributed by atoms with Crippen LogP contribution in [0.3, 0.4) is 0 Å². The lowest BCUT2D eigenvalue weighted by Gasteiger charge is -2.09. The van der Waals surface area contributed by atoms with Gasteiger partial charge in [-0.2, -0.15) is 0 Å². The fourth-order valence-electron chi connectivity index (χ4n) is 2.55. The summed E-state index contributed by atoms with van der Waals surface area (Å²) in [5, 5.41) is 7.86. The number of nitrogens with zero attached hydrogens (tertiary/aromatic N) is 3. The van der Waals surface area contributed by atoms with Crippen LogP contribution in [-0.2, 0) is 9.84 Å². The van der Waals surface area contributed by atoms with Crippen molar-refractivity contribution in [2.45, 2.75) is 23.8 Å². The quantitative estimate of drug-likeness (QED) is 0.684. The normalized spacial score (nSPS) is 11.4. The van der Waals surface area contributed by atoms with Crippen LogP contribution in [0, 0.1) is 13.8 Å². The highest BCUT2D eigenvalue weighted by Crippen LogP contribution is 2.28. The van der Waals surface area contributed by atoms with E-state index in [-0.39, 0.29) is 9.92 Å². The number of hydrogen-bond donors (Lipinski definition) is 0. The number of aryl methyl sites for hydroxylation is 1. The van der Waals surface area contributed by atoms with Gasteiger partial charge in [-0.15, -0.1) is 5.10 Å². The van der Waals surface area contributed by atoms with Gasteiger partial charge in [-0.3, -0.25) is 0 Å². The average Bonchev–Trinajstić information content (AvgIpc) is 3.03. The Labute approximate surface area is 152 Å². The van der Waals surface area contributed by atoms with E-state index >= 15 is 0 Å². The molecule has 0 aliphatic carbocycles. The molecule has 0 bridgehead atoms. The molecule has 0 radical (unpaired) electrons. The minimum absolute atomic E-state index is 0.0804. The van der Waals surface area contributed by atoms with E-state index in [1.165, 1.54) is 4.68 Å². The van der Waals surface area contributed by atoms with Crippen LogP contribution in [0.5, 0.6) is 11.5 Å². The van der Waals surface area contributed by atoms with Gasteiger partial charge in [-0.1, -0.05) is 22.9 Å². The van der Waals surface area contributed by atoms with Crippen molar-refractivity contribution in [3.05, 3.63) is 53.7 Å².